The second-order valence-corrected chi connectivity index (χ2v) is 5.37. The van der Waals surface area contributed by atoms with Crippen molar-refractivity contribution in [2.75, 3.05) is 11.9 Å². The van der Waals surface area contributed by atoms with Crippen LogP contribution in [0.15, 0.2) is 46.9 Å². The SMILES string of the molecule is CCCOc1ccc(Br)cc1C(=O)Nc1ccc(F)cc1. The molecule has 0 bridgehead atoms. The topological polar surface area (TPSA) is 38.3 Å². The summed E-state index contributed by atoms with van der Waals surface area (Å²) in [6.07, 6.45) is 0.856. The maximum atomic E-state index is 12.9. The molecule has 0 aliphatic rings. The molecule has 0 heterocycles. The number of hydrogen-bond acceptors (Lipinski definition) is 2. The Hall–Kier alpha value is -1.88. The van der Waals surface area contributed by atoms with Crippen molar-refractivity contribution >= 4 is 27.5 Å². The maximum absolute atomic E-state index is 12.9. The van der Waals surface area contributed by atoms with Crippen molar-refractivity contribution in [1.82, 2.24) is 0 Å². The van der Waals surface area contributed by atoms with E-state index in [0.717, 1.165) is 10.9 Å². The number of anilines is 1. The monoisotopic (exact) mass is 351 g/mol. The van der Waals surface area contributed by atoms with Crippen LogP contribution in [0.5, 0.6) is 5.75 Å². The van der Waals surface area contributed by atoms with E-state index in [1.165, 1.54) is 24.3 Å². The van der Waals surface area contributed by atoms with Gasteiger partial charge in [-0.2, -0.15) is 0 Å². The molecule has 2 aromatic rings. The van der Waals surface area contributed by atoms with E-state index in [0.29, 0.717) is 23.6 Å². The lowest BCUT2D eigenvalue weighted by Crippen LogP contribution is -2.14. The number of carbonyl (C=O) groups excluding carboxylic acids is 1. The molecule has 1 N–H and O–H groups in total. The molecular formula is C16H15BrFNO2. The van der Waals surface area contributed by atoms with E-state index in [-0.39, 0.29) is 11.7 Å². The molecule has 0 unspecified atom stereocenters. The molecule has 2 aromatic carbocycles. The lowest BCUT2D eigenvalue weighted by atomic mass is 10.2. The third-order valence-corrected chi connectivity index (χ3v) is 3.24. The van der Waals surface area contributed by atoms with Crippen molar-refractivity contribution in [2.45, 2.75) is 13.3 Å². The van der Waals surface area contributed by atoms with Gasteiger partial charge in [0.15, 0.2) is 0 Å². The van der Waals surface area contributed by atoms with Crippen molar-refractivity contribution < 1.29 is 13.9 Å². The fourth-order valence-corrected chi connectivity index (χ4v) is 2.11. The van der Waals surface area contributed by atoms with E-state index in [4.69, 9.17) is 4.74 Å². The van der Waals surface area contributed by atoms with Crippen LogP contribution in [0.25, 0.3) is 0 Å². The molecule has 0 radical (unpaired) electrons. The summed E-state index contributed by atoms with van der Waals surface area (Å²) in [5.41, 5.74) is 0.963. The molecule has 0 aliphatic carbocycles. The quantitative estimate of drug-likeness (QED) is 0.852. The van der Waals surface area contributed by atoms with E-state index in [1.807, 2.05) is 13.0 Å². The Morgan fingerprint density at radius 3 is 2.62 bits per heavy atom. The molecule has 0 aliphatic heterocycles. The summed E-state index contributed by atoms with van der Waals surface area (Å²) >= 11 is 3.34. The van der Waals surface area contributed by atoms with E-state index in [9.17, 15) is 9.18 Å². The number of hydrogen-bond donors (Lipinski definition) is 1. The summed E-state index contributed by atoms with van der Waals surface area (Å²) in [5, 5.41) is 2.72. The summed E-state index contributed by atoms with van der Waals surface area (Å²) in [4.78, 5) is 12.3. The van der Waals surface area contributed by atoms with Gasteiger partial charge in [-0.15, -0.1) is 0 Å². The summed E-state index contributed by atoms with van der Waals surface area (Å²) in [5.74, 6) is -0.115. The minimum atomic E-state index is -0.345. The lowest BCUT2D eigenvalue weighted by molar-refractivity contribution is 0.102. The number of nitrogens with one attached hydrogen (secondary N) is 1. The Labute approximate surface area is 131 Å². The largest absolute Gasteiger partial charge is 0.493 e. The summed E-state index contributed by atoms with van der Waals surface area (Å²) in [6.45, 7) is 2.54. The molecule has 0 saturated heterocycles. The van der Waals surface area contributed by atoms with Crippen molar-refractivity contribution in [1.29, 1.82) is 0 Å². The Bertz CT molecular complexity index is 629. The highest BCUT2D eigenvalue weighted by atomic mass is 79.9. The van der Waals surface area contributed by atoms with Crippen LogP contribution in [0.4, 0.5) is 10.1 Å². The van der Waals surface area contributed by atoms with Crippen LogP contribution in [0.1, 0.15) is 23.7 Å². The van der Waals surface area contributed by atoms with Crippen LogP contribution in [-0.4, -0.2) is 12.5 Å². The number of ether oxygens (including phenoxy) is 1. The highest BCUT2D eigenvalue weighted by Gasteiger charge is 2.13. The predicted octanol–water partition coefficient (Wildman–Crippen LogP) is 4.63. The average Bonchev–Trinajstić information content (AvgIpc) is 2.48. The van der Waals surface area contributed by atoms with Gasteiger partial charge in [0.2, 0.25) is 0 Å². The second kappa shape index (κ2) is 7.22. The first kappa shape index (κ1) is 15.5. The van der Waals surface area contributed by atoms with Gasteiger partial charge in [-0.1, -0.05) is 22.9 Å². The van der Waals surface area contributed by atoms with Gasteiger partial charge >= 0.3 is 0 Å². The van der Waals surface area contributed by atoms with Gasteiger partial charge in [0.05, 0.1) is 12.2 Å². The zero-order valence-electron chi connectivity index (χ0n) is 11.5. The first-order valence-electron chi connectivity index (χ1n) is 6.59. The smallest absolute Gasteiger partial charge is 0.259 e. The first-order valence-corrected chi connectivity index (χ1v) is 7.38. The van der Waals surface area contributed by atoms with Crippen LogP contribution in [-0.2, 0) is 0 Å². The van der Waals surface area contributed by atoms with E-state index >= 15 is 0 Å². The normalized spacial score (nSPS) is 10.2. The van der Waals surface area contributed by atoms with Crippen molar-refractivity contribution in [3.05, 3.63) is 58.3 Å². The zero-order chi connectivity index (χ0) is 15.2. The fraction of sp³-hybridized carbons (Fsp3) is 0.188. The maximum Gasteiger partial charge on any atom is 0.259 e. The first-order chi connectivity index (χ1) is 10.1. The zero-order valence-corrected chi connectivity index (χ0v) is 13.1. The number of rotatable bonds is 5. The number of halogens is 2. The summed E-state index contributed by atoms with van der Waals surface area (Å²) in [7, 11) is 0. The van der Waals surface area contributed by atoms with Crippen LogP contribution < -0.4 is 10.1 Å². The van der Waals surface area contributed by atoms with Crippen LogP contribution >= 0.6 is 15.9 Å². The van der Waals surface area contributed by atoms with Crippen LogP contribution in [0.3, 0.4) is 0 Å². The van der Waals surface area contributed by atoms with Crippen molar-refractivity contribution in [3.8, 4) is 5.75 Å². The molecule has 0 aromatic heterocycles. The average molecular weight is 352 g/mol. The lowest BCUT2D eigenvalue weighted by Gasteiger charge is -2.12. The molecule has 21 heavy (non-hydrogen) atoms. The molecule has 0 spiro atoms. The highest BCUT2D eigenvalue weighted by molar-refractivity contribution is 9.10. The van der Waals surface area contributed by atoms with Gasteiger partial charge in [-0.25, -0.2) is 4.39 Å². The van der Waals surface area contributed by atoms with Crippen molar-refractivity contribution in [2.24, 2.45) is 0 Å². The Balaban J connectivity index is 2.20. The number of carbonyl (C=O) groups is 1. The third-order valence-electron chi connectivity index (χ3n) is 2.75. The molecule has 1 amide bonds. The molecule has 0 fully saturated rings. The molecule has 0 saturated carbocycles. The van der Waals surface area contributed by atoms with Gasteiger partial charge in [0.25, 0.3) is 5.91 Å². The van der Waals surface area contributed by atoms with Crippen LogP contribution in [0, 0.1) is 5.82 Å². The standard InChI is InChI=1S/C16H15BrFNO2/c1-2-9-21-15-8-3-11(17)10-14(15)16(20)19-13-6-4-12(18)5-7-13/h3-8,10H,2,9H2,1H3,(H,19,20). The van der Waals surface area contributed by atoms with Gasteiger partial charge in [0.1, 0.15) is 11.6 Å². The molecule has 3 nitrogen and oxygen atoms in total. The van der Waals surface area contributed by atoms with Crippen molar-refractivity contribution in [3.63, 3.8) is 0 Å². The Kier molecular flexibility index (Phi) is 5.33. The molecule has 2 rings (SSSR count). The molecule has 110 valence electrons. The Morgan fingerprint density at radius 2 is 1.95 bits per heavy atom. The molecule has 0 atom stereocenters. The third kappa shape index (κ3) is 4.29. The summed E-state index contributed by atoms with van der Waals surface area (Å²) < 4.78 is 19.2. The minimum absolute atomic E-state index is 0.297. The van der Waals surface area contributed by atoms with Gasteiger partial charge < -0.3 is 10.1 Å². The number of amides is 1. The summed E-state index contributed by atoms with van der Waals surface area (Å²) in [6, 6.07) is 10.9. The fourth-order valence-electron chi connectivity index (χ4n) is 1.75. The molecule has 5 heteroatoms. The Morgan fingerprint density at radius 1 is 1.24 bits per heavy atom. The van der Waals surface area contributed by atoms with E-state index in [2.05, 4.69) is 21.2 Å². The van der Waals surface area contributed by atoms with Crippen LogP contribution in [0.2, 0.25) is 0 Å². The minimum Gasteiger partial charge on any atom is -0.493 e. The van der Waals surface area contributed by atoms with Gasteiger partial charge in [-0.3, -0.25) is 4.79 Å². The molecular weight excluding hydrogens is 337 g/mol. The second-order valence-electron chi connectivity index (χ2n) is 4.45. The van der Waals surface area contributed by atoms with Gasteiger partial charge in [0, 0.05) is 10.2 Å². The van der Waals surface area contributed by atoms with E-state index in [1.54, 1.807) is 12.1 Å². The van der Waals surface area contributed by atoms with E-state index < -0.39 is 0 Å². The highest BCUT2D eigenvalue weighted by Crippen LogP contribution is 2.24. The predicted molar refractivity (Wildman–Crippen MR) is 84.3 cm³/mol. The van der Waals surface area contributed by atoms with Gasteiger partial charge in [-0.05, 0) is 48.9 Å². The number of benzene rings is 2.